The zero-order chi connectivity index (χ0) is 20.9. The lowest BCUT2D eigenvalue weighted by Crippen LogP contribution is -2.47. The van der Waals surface area contributed by atoms with E-state index in [-0.39, 0.29) is 6.61 Å². The number of aliphatic hydroxyl groups is 2. The minimum atomic E-state index is -1.36. The molecule has 154 valence electrons. The van der Waals surface area contributed by atoms with E-state index < -0.39 is 41.9 Å². The van der Waals surface area contributed by atoms with Crippen molar-refractivity contribution in [3.63, 3.8) is 0 Å². The maximum absolute atomic E-state index is 12.3. The summed E-state index contributed by atoms with van der Waals surface area (Å²) >= 11 is 0. The lowest BCUT2D eigenvalue weighted by atomic mass is 9.79. The molecule has 0 bridgehead atoms. The Morgan fingerprint density at radius 3 is 2.63 bits per heavy atom. The highest BCUT2D eigenvalue weighted by Gasteiger charge is 2.62. The molecule has 0 aliphatic carbocycles. The lowest BCUT2D eigenvalue weighted by molar-refractivity contribution is -0.134. The van der Waals surface area contributed by atoms with Gasteiger partial charge in [-0.05, 0) is 16.7 Å². The SMILES string of the molecule is O=c1ccn([C@@H]2O[C@H](CO)[C@@]3(OCc4cccc(-c5ccccc5)c43)[C@H]2O)c(=O)[nH]1. The molecular weight excluding hydrogens is 388 g/mol. The molecule has 3 aromatic rings. The summed E-state index contributed by atoms with van der Waals surface area (Å²) in [6.45, 7) is -0.186. The number of fused-ring (bicyclic) bond motifs is 2. The number of ether oxygens (including phenoxy) is 2. The van der Waals surface area contributed by atoms with Crippen molar-refractivity contribution in [1.82, 2.24) is 9.55 Å². The lowest BCUT2D eigenvalue weighted by Gasteiger charge is -2.33. The van der Waals surface area contributed by atoms with Gasteiger partial charge in [0.15, 0.2) is 11.8 Å². The average molecular weight is 408 g/mol. The molecule has 1 fully saturated rings. The molecule has 0 radical (unpaired) electrons. The van der Waals surface area contributed by atoms with Crippen LogP contribution in [0.3, 0.4) is 0 Å². The molecule has 0 amide bonds. The van der Waals surface area contributed by atoms with Crippen LogP contribution in [-0.4, -0.2) is 38.6 Å². The summed E-state index contributed by atoms with van der Waals surface area (Å²) in [4.78, 5) is 25.9. The molecule has 2 aromatic carbocycles. The minimum Gasteiger partial charge on any atom is -0.394 e. The van der Waals surface area contributed by atoms with Crippen LogP contribution < -0.4 is 11.2 Å². The van der Waals surface area contributed by atoms with Crippen LogP contribution in [0, 0.1) is 0 Å². The van der Waals surface area contributed by atoms with Crippen molar-refractivity contribution in [2.75, 3.05) is 6.61 Å². The first-order valence-corrected chi connectivity index (χ1v) is 9.64. The standard InChI is InChI=1S/C22H20N2O6/c25-11-16-22(19(27)20(30-16)24-10-9-17(26)23-21(24)28)18-14(12-29-22)7-4-8-15(18)13-5-2-1-3-6-13/h1-10,16,19-20,25,27H,11-12H2,(H,23,26,28)/t16-,19+,20-,22+/m1/s1. The second-order valence-corrected chi connectivity index (χ2v) is 7.45. The molecule has 4 atom stereocenters. The Hall–Kier alpha value is -3.04. The largest absolute Gasteiger partial charge is 0.394 e. The van der Waals surface area contributed by atoms with Gasteiger partial charge in [0.05, 0.1) is 13.2 Å². The van der Waals surface area contributed by atoms with E-state index in [9.17, 15) is 19.8 Å². The van der Waals surface area contributed by atoms with Gasteiger partial charge >= 0.3 is 5.69 Å². The van der Waals surface area contributed by atoms with Gasteiger partial charge in [0, 0.05) is 17.8 Å². The summed E-state index contributed by atoms with van der Waals surface area (Å²) in [5.74, 6) is 0. The van der Waals surface area contributed by atoms with Crippen molar-refractivity contribution in [2.45, 2.75) is 30.6 Å². The minimum absolute atomic E-state index is 0.236. The highest BCUT2D eigenvalue weighted by molar-refractivity contribution is 5.71. The molecule has 8 nitrogen and oxygen atoms in total. The highest BCUT2D eigenvalue weighted by Crippen LogP contribution is 2.53. The Morgan fingerprint density at radius 2 is 1.90 bits per heavy atom. The van der Waals surface area contributed by atoms with Crippen LogP contribution in [-0.2, 0) is 21.7 Å². The van der Waals surface area contributed by atoms with Gasteiger partial charge in [-0.3, -0.25) is 14.3 Å². The van der Waals surface area contributed by atoms with Gasteiger partial charge in [-0.15, -0.1) is 0 Å². The number of rotatable bonds is 3. The second-order valence-electron chi connectivity index (χ2n) is 7.45. The summed E-state index contributed by atoms with van der Waals surface area (Å²) in [5.41, 5.74) is 0.793. The molecule has 8 heteroatoms. The number of hydrogen-bond acceptors (Lipinski definition) is 6. The van der Waals surface area contributed by atoms with Gasteiger partial charge in [-0.25, -0.2) is 4.79 Å². The van der Waals surface area contributed by atoms with Crippen LogP contribution in [0.2, 0.25) is 0 Å². The number of nitrogens with zero attached hydrogens (tertiary/aromatic N) is 1. The number of aliphatic hydroxyl groups excluding tert-OH is 2. The molecular formula is C22H20N2O6. The van der Waals surface area contributed by atoms with Crippen LogP contribution in [0.5, 0.6) is 0 Å². The Kier molecular flexibility index (Phi) is 4.44. The van der Waals surface area contributed by atoms with Crippen LogP contribution >= 0.6 is 0 Å². The number of benzene rings is 2. The van der Waals surface area contributed by atoms with Crippen LogP contribution in [0.4, 0.5) is 0 Å². The first kappa shape index (κ1) is 19.0. The Bertz CT molecular complexity index is 1200. The predicted molar refractivity (Wildman–Crippen MR) is 107 cm³/mol. The van der Waals surface area contributed by atoms with Gasteiger partial charge in [0.2, 0.25) is 0 Å². The first-order chi connectivity index (χ1) is 14.6. The van der Waals surface area contributed by atoms with E-state index >= 15 is 0 Å². The van der Waals surface area contributed by atoms with E-state index in [0.29, 0.717) is 0 Å². The van der Waals surface area contributed by atoms with Crippen LogP contribution in [0.15, 0.2) is 70.4 Å². The summed E-state index contributed by atoms with van der Waals surface area (Å²) < 4.78 is 13.2. The van der Waals surface area contributed by atoms with Crippen molar-refractivity contribution in [3.8, 4) is 11.1 Å². The zero-order valence-electron chi connectivity index (χ0n) is 15.9. The molecule has 30 heavy (non-hydrogen) atoms. The Labute approximate surface area is 171 Å². The first-order valence-electron chi connectivity index (χ1n) is 9.64. The molecule has 0 unspecified atom stereocenters. The Morgan fingerprint density at radius 1 is 1.10 bits per heavy atom. The predicted octanol–water partition coefficient (Wildman–Crippen LogP) is 0.880. The summed E-state index contributed by atoms with van der Waals surface area (Å²) in [6, 6.07) is 16.6. The van der Waals surface area contributed by atoms with Gasteiger partial charge in [-0.2, -0.15) is 0 Å². The number of aromatic nitrogens is 2. The molecule has 0 saturated carbocycles. The normalized spacial score (nSPS) is 27.5. The molecule has 3 heterocycles. The monoisotopic (exact) mass is 408 g/mol. The molecule has 2 aliphatic rings. The topological polar surface area (TPSA) is 114 Å². The van der Waals surface area contributed by atoms with Gasteiger partial charge < -0.3 is 19.7 Å². The van der Waals surface area contributed by atoms with Gasteiger partial charge in [0.25, 0.3) is 5.56 Å². The van der Waals surface area contributed by atoms with E-state index in [1.54, 1.807) is 0 Å². The Balaban J connectivity index is 1.69. The summed E-state index contributed by atoms with van der Waals surface area (Å²) in [5, 5.41) is 21.5. The van der Waals surface area contributed by atoms with Crippen molar-refractivity contribution >= 4 is 0 Å². The van der Waals surface area contributed by atoms with E-state index in [4.69, 9.17) is 9.47 Å². The maximum atomic E-state index is 12.3. The number of nitrogens with one attached hydrogen (secondary N) is 1. The van der Waals surface area contributed by atoms with Crippen LogP contribution in [0.25, 0.3) is 11.1 Å². The molecule has 2 aliphatic heterocycles. The zero-order valence-corrected chi connectivity index (χ0v) is 15.9. The van der Waals surface area contributed by atoms with E-state index in [1.807, 2.05) is 48.5 Å². The fraction of sp³-hybridized carbons (Fsp3) is 0.273. The van der Waals surface area contributed by atoms with Crippen molar-refractivity contribution in [1.29, 1.82) is 0 Å². The molecule has 1 saturated heterocycles. The quantitative estimate of drug-likeness (QED) is 0.593. The smallest absolute Gasteiger partial charge is 0.330 e. The third-order valence-corrected chi connectivity index (χ3v) is 5.88. The van der Waals surface area contributed by atoms with E-state index in [0.717, 1.165) is 26.8 Å². The third kappa shape index (κ3) is 2.62. The van der Waals surface area contributed by atoms with Crippen LogP contribution in [0.1, 0.15) is 17.4 Å². The van der Waals surface area contributed by atoms with E-state index in [2.05, 4.69) is 4.98 Å². The number of aromatic amines is 1. The van der Waals surface area contributed by atoms with Crippen molar-refractivity contribution < 1.29 is 19.7 Å². The second kappa shape index (κ2) is 7.03. The number of H-pyrrole nitrogens is 1. The third-order valence-electron chi connectivity index (χ3n) is 5.88. The van der Waals surface area contributed by atoms with Crippen molar-refractivity contribution in [2.24, 2.45) is 0 Å². The molecule has 1 spiro atoms. The van der Waals surface area contributed by atoms with E-state index in [1.165, 1.54) is 12.3 Å². The summed E-state index contributed by atoms with van der Waals surface area (Å²) in [7, 11) is 0. The number of hydrogen-bond donors (Lipinski definition) is 3. The maximum Gasteiger partial charge on any atom is 0.330 e. The average Bonchev–Trinajstić information content (AvgIpc) is 3.28. The van der Waals surface area contributed by atoms with Gasteiger partial charge in [0.1, 0.15) is 12.2 Å². The molecule has 5 rings (SSSR count). The van der Waals surface area contributed by atoms with Gasteiger partial charge in [-0.1, -0.05) is 48.5 Å². The van der Waals surface area contributed by atoms with Crippen molar-refractivity contribution in [3.05, 3.63) is 92.8 Å². The summed E-state index contributed by atoms with van der Waals surface area (Å²) in [6.07, 6.45) is -2.09. The fourth-order valence-corrected chi connectivity index (χ4v) is 4.57. The highest BCUT2D eigenvalue weighted by atomic mass is 16.6. The molecule has 1 aromatic heterocycles. The molecule has 3 N–H and O–H groups in total. The fourth-order valence-electron chi connectivity index (χ4n) is 4.57.